The highest BCUT2D eigenvalue weighted by atomic mass is 16.1. The van der Waals surface area contributed by atoms with Gasteiger partial charge in [-0.1, -0.05) is 43.2 Å². The van der Waals surface area contributed by atoms with Crippen molar-refractivity contribution in [3.63, 3.8) is 0 Å². The zero-order valence-electron chi connectivity index (χ0n) is 12.0. The number of aromatic nitrogens is 3. The second kappa shape index (κ2) is 6.08. The number of rotatable bonds is 5. The van der Waals surface area contributed by atoms with E-state index < -0.39 is 5.91 Å². The van der Waals surface area contributed by atoms with Crippen LogP contribution in [0, 0.1) is 5.92 Å². The summed E-state index contributed by atoms with van der Waals surface area (Å²) < 4.78 is 0. The van der Waals surface area contributed by atoms with E-state index in [4.69, 9.17) is 5.73 Å². The Morgan fingerprint density at radius 2 is 2.00 bits per heavy atom. The number of aromatic amines is 1. The molecule has 21 heavy (non-hydrogen) atoms. The molecule has 3 rings (SSSR count). The predicted molar refractivity (Wildman–Crippen MR) is 79.5 cm³/mol. The first-order chi connectivity index (χ1) is 10.2. The number of hydrogen-bond donors (Lipinski definition) is 2. The minimum absolute atomic E-state index is 0.110. The Kier molecular flexibility index (Phi) is 3.99. The fourth-order valence-electron chi connectivity index (χ4n) is 3.28. The molecule has 1 saturated carbocycles. The molecule has 1 unspecified atom stereocenters. The van der Waals surface area contributed by atoms with Gasteiger partial charge in [-0.2, -0.15) is 5.10 Å². The van der Waals surface area contributed by atoms with Crippen molar-refractivity contribution in [3.8, 4) is 0 Å². The van der Waals surface area contributed by atoms with Gasteiger partial charge in [-0.15, -0.1) is 0 Å². The van der Waals surface area contributed by atoms with Crippen LogP contribution in [0.2, 0.25) is 0 Å². The molecular formula is C16H20N4O. The van der Waals surface area contributed by atoms with Gasteiger partial charge < -0.3 is 5.73 Å². The molecule has 3 N–H and O–H groups in total. The molecule has 0 radical (unpaired) electrons. The van der Waals surface area contributed by atoms with Crippen molar-refractivity contribution >= 4 is 5.91 Å². The van der Waals surface area contributed by atoms with E-state index in [0.29, 0.717) is 11.7 Å². The molecule has 2 aromatic rings. The number of carbonyl (C=O) groups excluding carboxylic acids is 1. The first kappa shape index (κ1) is 13.8. The average molecular weight is 284 g/mol. The van der Waals surface area contributed by atoms with Crippen LogP contribution in [-0.4, -0.2) is 21.1 Å². The van der Waals surface area contributed by atoms with Crippen LogP contribution >= 0.6 is 0 Å². The Hall–Kier alpha value is -2.17. The standard InChI is InChI=1S/C16H20N4O/c17-13(21)10-14-18-16(20-19-14)15(12-8-4-5-9-12)11-6-2-1-3-7-11/h1-3,6-7,12,15H,4-5,8-10H2,(H2,17,21)(H,18,19,20). The lowest BCUT2D eigenvalue weighted by Gasteiger charge is -2.21. The molecule has 0 spiro atoms. The van der Waals surface area contributed by atoms with Gasteiger partial charge in [0.15, 0.2) is 5.82 Å². The van der Waals surface area contributed by atoms with E-state index in [1.54, 1.807) is 0 Å². The number of primary amides is 1. The van der Waals surface area contributed by atoms with Crippen LogP contribution in [0.4, 0.5) is 0 Å². The molecule has 1 amide bonds. The molecule has 110 valence electrons. The van der Waals surface area contributed by atoms with Gasteiger partial charge in [-0.05, 0) is 24.3 Å². The molecule has 0 saturated heterocycles. The first-order valence-electron chi connectivity index (χ1n) is 7.48. The Balaban J connectivity index is 1.91. The lowest BCUT2D eigenvalue weighted by atomic mass is 9.84. The van der Waals surface area contributed by atoms with E-state index in [2.05, 4.69) is 27.3 Å². The quantitative estimate of drug-likeness (QED) is 0.882. The zero-order chi connectivity index (χ0) is 14.7. The number of H-pyrrole nitrogens is 1. The molecule has 1 aromatic carbocycles. The van der Waals surface area contributed by atoms with E-state index in [1.807, 2.05) is 18.2 Å². The van der Waals surface area contributed by atoms with Crippen LogP contribution in [0.3, 0.4) is 0 Å². The zero-order valence-corrected chi connectivity index (χ0v) is 12.0. The van der Waals surface area contributed by atoms with Gasteiger partial charge in [0.05, 0.1) is 6.42 Å². The van der Waals surface area contributed by atoms with Crippen molar-refractivity contribution in [3.05, 3.63) is 47.5 Å². The Bertz CT molecular complexity index is 602. The highest BCUT2D eigenvalue weighted by molar-refractivity contribution is 5.75. The molecule has 1 fully saturated rings. The first-order valence-corrected chi connectivity index (χ1v) is 7.48. The molecule has 5 nitrogen and oxygen atoms in total. The molecule has 1 atom stereocenters. The number of benzene rings is 1. The third-order valence-electron chi connectivity index (χ3n) is 4.20. The summed E-state index contributed by atoms with van der Waals surface area (Å²) >= 11 is 0. The lowest BCUT2D eigenvalue weighted by molar-refractivity contribution is -0.117. The van der Waals surface area contributed by atoms with Crippen LogP contribution < -0.4 is 5.73 Å². The third-order valence-corrected chi connectivity index (χ3v) is 4.20. The van der Waals surface area contributed by atoms with E-state index >= 15 is 0 Å². The van der Waals surface area contributed by atoms with Gasteiger partial charge in [-0.25, -0.2) is 4.98 Å². The summed E-state index contributed by atoms with van der Waals surface area (Å²) in [4.78, 5) is 15.5. The van der Waals surface area contributed by atoms with Crippen molar-refractivity contribution in [1.29, 1.82) is 0 Å². The number of carbonyl (C=O) groups is 1. The summed E-state index contributed by atoms with van der Waals surface area (Å²) in [5.74, 6) is 1.71. The van der Waals surface area contributed by atoms with Crippen molar-refractivity contribution < 1.29 is 4.79 Å². The van der Waals surface area contributed by atoms with Gasteiger partial charge in [0.2, 0.25) is 5.91 Å². The second-order valence-electron chi connectivity index (χ2n) is 5.72. The molecule has 1 aromatic heterocycles. The predicted octanol–water partition coefficient (Wildman–Crippen LogP) is 2.15. The van der Waals surface area contributed by atoms with E-state index in [-0.39, 0.29) is 12.3 Å². The number of nitrogens with zero attached hydrogens (tertiary/aromatic N) is 2. The van der Waals surface area contributed by atoms with Gasteiger partial charge in [-0.3, -0.25) is 9.89 Å². The third kappa shape index (κ3) is 3.12. The highest BCUT2D eigenvalue weighted by Crippen LogP contribution is 2.40. The van der Waals surface area contributed by atoms with Gasteiger partial charge >= 0.3 is 0 Å². The molecule has 1 heterocycles. The minimum atomic E-state index is -0.394. The summed E-state index contributed by atoms with van der Waals surface area (Å²) in [5.41, 5.74) is 6.46. The number of nitrogens with two attached hydrogens (primary N) is 1. The smallest absolute Gasteiger partial charge is 0.225 e. The van der Waals surface area contributed by atoms with E-state index in [9.17, 15) is 4.79 Å². The Labute approximate surface area is 124 Å². The summed E-state index contributed by atoms with van der Waals surface area (Å²) in [7, 11) is 0. The normalized spacial score (nSPS) is 17.0. The van der Waals surface area contributed by atoms with Crippen molar-refractivity contribution in [1.82, 2.24) is 15.2 Å². The van der Waals surface area contributed by atoms with Crippen LogP contribution in [0.25, 0.3) is 0 Å². The molecule has 5 heteroatoms. The summed E-state index contributed by atoms with van der Waals surface area (Å²) in [5, 5.41) is 7.20. The van der Waals surface area contributed by atoms with Crippen LogP contribution in [0.1, 0.15) is 48.8 Å². The Morgan fingerprint density at radius 1 is 1.29 bits per heavy atom. The SMILES string of the molecule is NC(=O)Cc1nc(C(c2ccccc2)C2CCCC2)n[nH]1. The minimum Gasteiger partial charge on any atom is -0.369 e. The summed E-state index contributed by atoms with van der Waals surface area (Å²) in [6.07, 6.45) is 5.07. The molecule has 0 bridgehead atoms. The van der Waals surface area contributed by atoms with Crippen molar-refractivity contribution in [2.45, 2.75) is 38.0 Å². The second-order valence-corrected chi connectivity index (χ2v) is 5.72. The van der Waals surface area contributed by atoms with Gasteiger partial charge in [0.25, 0.3) is 0 Å². The summed E-state index contributed by atoms with van der Waals surface area (Å²) in [6.45, 7) is 0. The van der Waals surface area contributed by atoms with Crippen LogP contribution in [0.5, 0.6) is 0 Å². The van der Waals surface area contributed by atoms with Crippen molar-refractivity contribution in [2.75, 3.05) is 0 Å². The molecule has 0 aliphatic heterocycles. The number of nitrogens with one attached hydrogen (secondary N) is 1. The van der Waals surface area contributed by atoms with Gasteiger partial charge in [0.1, 0.15) is 5.82 Å². The maximum atomic E-state index is 11.0. The molecule has 1 aliphatic rings. The number of hydrogen-bond acceptors (Lipinski definition) is 3. The number of amides is 1. The topological polar surface area (TPSA) is 84.7 Å². The fraction of sp³-hybridized carbons (Fsp3) is 0.438. The van der Waals surface area contributed by atoms with Gasteiger partial charge in [0, 0.05) is 5.92 Å². The largest absolute Gasteiger partial charge is 0.369 e. The van der Waals surface area contributed by atoms with Crippen molar-refractivity contribution in [2.24, 2.45) is 11.7 Å². The monoisotopic (exact) mass is 284 g/mol. The Morgan fingerprint density at radius 3 is 2.67 bits per heavy atom. The maximum Gasteiger partial charge on any atom is 0.225 e. The highest BCUT2D eigenvalue weighted by Gasteiger charge is 2.30. The average Bonchev–Trinajstić information content (AvgIpc) is 3.13. The van der Waals surface area contributed by atoms with E-state index in [0.717, 1.165) is 5.82 Å². The lowest BCUT2D eigenvalue weighted by Crippen LogP contribution is -2.15. The maximum absolute atomic E-state index is 11.0. The van der Waals surface area contributed by atoms with Crippen LogP contribution in [0.15, 0.2) is 30.3 Å². The van der Waals surface area contributed by atoms with E-state index in [1.165, 1.54) is 31.2 Å². The molecular weight excluding hydrogens is 264 g/mol. The fourth-order valence-corrected chi connectivity index (χ4v) is 3.28. The van der Waals surface area contributed by atoms with Crippen LogP contribution in [-0.2, 0) is 11.2 Å². The molecule has 1 aliphatic carbocycles. The summed E-state index contributed by atoms with van der Waals surface area (Å²) in [6, 6.07) is 10.4.